The van der Waals surface area contributed by atoms with Crippen LogP contribution in [0.15, 0.2) is 23.3 Å². The lowest BCUT2D eigenvalue weighted by atomic mass is 9.28. The lowest BCUT2D eigenvalue weighted by Crippen LogP contribution is -2.84. The quantitative estimate of drug-likeness (QED) is 0.414. The van der Waals surface area contributed by atoms with Gasteiger partial charge in [-0.1, -0.05) is 57.4 Å². The molecule has 34 heavy (non-hydrogen) atoms. The van der Waals surface area contributed by atoms with Crippen molar-refractivity contribution in [2.24, 2.45) is 45.3 Å². The zero-order chi connectivity index (χ0) is 24.7. The standard InChI is InChI=1S/C30H42O4/c1-17(2)15-20-22-19(5)9-13-26-14-10-21-25(6,7)11-8-12-27(21)16-28(22,26)30(33,34-27)24(32)29(20,18(3)4)23(26)31/h9,15,18,20-22,33H,8,10-14,16H2,1-7H3/t20-,21-,22-,26+,27-,28-,29-,30-/m0/s1. The van der Waals surface area contributed by atoms with Gasteiger partial charge in [-0.05, 0) is 82.5 Å². The van der Waals surface area contributed by atoms with Crippen LogP contribution in [-0.2, 0) is 14.3 Å². The minimum atomic E-state index is -1.89. The van der Waals surface area contributed by atoms with Gasteiger partial charge in [0.05, 0.1) is 11.0 Å². The van der Waals surface area contributed by atoms with Crippen LogP contribution in [0.5, 0.6) is 0 Å². The molecule has 0 radical (unpaired) electrons. The average Bonchev–Trinajstić information content (AvgIpc) is 2.89. The van der Waals surface area contributed by atoms with Gasteiger partial charge in [-0.15, -0.1) is 0 Å². The number of hydrogen-bond acceptors (Lipinski definition) is 4. The number of allylic oxidation sites excluding steroid dienone is 4. The number of Topliss-reactive ketones (excluding diaryl/α,β-unsaturated/α-hetero) is 2. The number of hydrogen-bond donors (Lipinski definition) is 1. The summed E-state index contributed by atoms with van der Waals surface area (Å²) in [5, 5.41) is 12.7. The van der Waals surface area contributed by atoms with Crippen LogP contribution in [0.1, 0.15) is 93.4 Å². The first kappa shape index (κ1) is 23.2. The summed E-state index contributed by atoms with van der Waals surface area (Å²) >= 11 is 0. The fourth-order valence-corrected chi connectivity index (χ4v) is 10.9. The van der Waals surface area contributed by atoms with Crippen molar-refractivity contribution in [3.05, 3.63) is 23.3 Å². The Bertz CT molecular complexity index is 1060. The molecule has 6 fully saturated rings. The molecule has 0 aromatic rings. The molecule has 0 aromatic carbocycles. The third-order valence-corrected chi connectivity index (χ3v) is 11.8. The number of carbonyl (C=O) groups excluding carboxylic acids is 2. The van der Waals surface area contributed by atoms with Crippen molar-refractivity contribution in [1.29, 1.82) is 0 Å². The van der Waals surface area contributed by atoms with E-state index in [4.69, 9.17) is 4.74 Å². The Kier molecular flexibility index (Phi) is 4.32. The molecule has 1 heterocycles. The molecular weight excluding hydrogens is 424 g/mol. The van der Waals surface area contributed by atoms with E-state index in [2.05, 4.69) is 46.8 Å². The van der Waals surface area contributed by atoms with Crippen molar-refractivity contribution in [3.8, 4) is 0 Å². The molecule has 4 heteroatoms. The number of ketones is 2. The maximum atomic E-state index is 15.0. The van der Waals surface area contributed by atoms with Crippen molar-refractivity contribution in [1.82, 2.24) is 0 Å². The van der Waals surface area contributed by atoms with E-state index in [0.717, 1.165) is 37.7 Å². The minimum Gasteiger partial charge on any atom is -0.359 e. The van der Waals surface area contributed by atoms with Gasteiger partial charge in [-0.2, -0.15) is 0 Å². The SMILES string of the molecule is CC(C)=C[C@H]1[C@@H]2C(C)=CC[C@]34CC[C@H]5C(C)(C)CCC[C@]56C[C@]23[C@@](O)(O6)C(=O)[C@]1(C(C)C)C4=O. The fraction of sp³-hybridized carbons (Fsp3) is 0.800. The molecule has 186 valence electrons. The van der Waals surface area contributed by atoms with Crippen LogP contribution < -0.4 is 0 Å². The monoisotopic (exact) mass is 466 g/mol. The van der Waals surface area contributed by atoms with Crippen LogP contribution in [0.3, 0.4) is 0 Å². The third kappa shape index (κ3) is 2.07. The molecule has 0 unspecified atom stereocenters. The first-order valence-electron chi connectivity index (χ1n) is 13.6. The Morgan fingerprint density at radius 3 is 2.50 bits per heavy atom. The van der Waals surface area contributed by atoms with E-state index in [9.17, 15) is 14.7 Å². The second-order valence-electron chi connectivity index (χ2n) is 14.1. The maximum Gasteiger partial charge on any atom is 0.235 e. The fourth-order valence-electron chi connectivity index (χ4n) is 10.9. The Balaban J connectivity index is 1.73. The molecular formula is C30H42O4. The number of carbonyl (C=O) groups is 2. The molecule has 0 amide bonds. The van der Waals surface area contributed by atoms with Crippen molar-refractivity contribution < 1.29 is 19.4 Å². The molecule has 1 aliphatic heterocycles. The summed E-state index contributed by atoms with van der Waals surface area (Å²) in [6, 6.07) is 0. The molecule has 5 saturated carbocycles. The third-order valence-electron chi connectivity index (χ3n) is 11.8. The second kappa shape index (κ2) is 6.35. The van der Waals surface area contributed by atoms with E-state index < -0.39 is 27.6 Å². The zero-order valence-electron chi connectivity index (χ0n) is 22.1. The molecule has 8 atom stereocenters. The summed E-state index contributed by atoms with van der Waals surface area (Å²) in [7, 11) is 0. The van der Waals surface area contributed by atoms with Gasteiger partial charge in [0.15, 0.2) is 5.78 Å². The number of aliphatic hydroxyl groups is 1. The lowest BCUT2D eigenvalue weighted by molar-refractivity contribution is -0.328. The second-order valence-corrected chi connectivity index (χ2v) is 14.1. The van der Waals surface area contributed by atoms with Gasteiger partial charge in [0.25, 0.3) is 0 Å². The topological polar surface area (TPSA) is 63.6 Å². The molecule has 6 aliphatic carbocycles. The summed E-state index contributed by atoms with van der Waals surface area (Å²) in [4.78, 5) is 29.7. The average molecular weight is 467 g/mol. The molecule has 0 aromatic heterocycles. The van der Waals surface area contributed by atoms with Crippen LogP contribution in [0.4, 0.5) is 0 Å². The summed E-state index contributed by atoms with van der Waals surface area (Å²) in [6.07, 6.45) is 10.5. The summed E-state index contributed by atoms with van der Waals surface area (Å²) in [6.45, 7) is 15.0. The van der Waals surface area contributed by atoms with Crippen LogP contribution in [0.2, 0.25) is 0 Å². The van der Waals surface area contributed by atoms with Gasteiger partial charge in [-0.3, -0.25) is 9.59 Å². The van der Waals surface area contributed by atoms with E-state index in [1.165, 1.54) is 5.57 Å². The molecule has 2 spiro atoms. The highest BCUT2D eigenvalue weighted by Gasteiger charge is 2.92. The largest absolute Gasteiger partial charge is 0.359 e. The van der Waals surface area contributed by atoms with Gasteiger partial charge >= 0.3 is 0 Å². The first-order chi connectivity index (χ1) is 15.8. The molecule has 1 N–H and O–H groups in total. The normalized spacial score (nSPS) is 52.3. The van der Waals surface area contributed by atoms with E-state index in [-0.39, 0.29) is 40.7 Å². The van der Waals surface area contributed by atoms with Gasteiger partial charge in [-0.25, -0.2) is 0 Å². The lowest BCUT2D eigenvalue weighted by Gasteiger charge is -2.72. The predicted octanol–water partition coefficient (Wildman–Crippen LogP) is 5.78. The minimum absolute atomic E-state index is 0.0536. The van der Waals surface area contributed by atoms with Crippen molar-refractivity contribution in [3.63, 3.8) is 0 Å². The highest BCUT2D eigenvalue weighted by atomic mass is 16.7. The predicted molar refractivity (Wildman–Crippen MR) is 131 cm³/mol. The highest BCUT2D eigenvalue weighted by molar-refractivity contribution is 6.18. The van der Waals surface area contributed by atoms with Crippen LogP contribution in [0, 0.1) is 45.3 Å². The molecule has 1 saturated heterocycles. The molecule has 4 nitrogen and oxygen atoms in total. The summed E-state index contributed by atoms with van der Waals surface area (Å²) < 4.78 is 6.95. The van der Waals surface area contributed by atoms with Crippen molar-refractivity contribution in [2.45, 2.75) is 105 Å². The Hall–Kier alpha value is -1.26. The molecule has 7 rings (SSSR count). The zero-order valence-corrected chi connectivity index (χ0v) is 22.1. The van der Waals surface area contributed by atoms with E-state index >= 15 is 0 Å². The Morgan fingerprint density at radius 2 is 1.85 bits per heavy atom. The Morgan fingerprint density at radius 1 is 1.15 bits per heavy atom. The number of rotatable bonds is 2. The van der Waals surface area contributed by atoms with Gasteiger partial charge in [0, 0.05) is 11.3 Å². The van der Waals surface area contributed by atoms with Gasteiger partial charge in [0.2, 0.25) is 11.6 Å². The van der Waals surface area contributed by atoms with Gasteiger partial charge in [0.1, 0.15) is 5.41 Å². The summed E-state index contributed by atoms with van der Waals surface area (Å²) in [5.74, 6) is -2.34. The van der Waals surface area contributed by atoms with E-state index in [1.807, 2.05) is 13.8 Å². The van der Waals surface area contributed by atoms with Crippen LogP contribution in [0.25, 0.3) is 0 Å². The maximum absolute atomic E-state index is 15.0. The smallest absolute Gasteiger partial charge is 0.235 e. The van der Waals surface area contributed by atoms with Crippen molar-refractivity contribution in [2.75, 3.05) is 0 Å². The molecule has 7 aliphatic rings. The Labute approximate surface area is 204 Å². The van der Waals surface area contributed by atoms with Crippen molar-refractivity contribution >= 4 is 11.6 Å². The van der Waals surface area contributed by atoms with E-state index in [0.29, 0.717) is 12.8 Å². The van der Waals surface area contributed by atoms with E-state index in [1.54, 1.807) is 0 Å². The summed E-state index contributed by atoms with van der Waals surface area (Å²) in [5.41, 5.74) is -0.952. The van der Waals surface area contributed by atoms with Gasteiger partial charge < -0.3 is 9.84 Å². The first-order valence-corrected chi connectivity index (χ1v) is 13.6. The molecule has 5 bridgehead atoms. The van der Waals surface area contributed by atoms with Crippen LogP contribution >= 0.6 is 0 Å². The van der Waals surface area contributed by atoms with Crippen LogP contribution in [-0.4, -0.2) is 28.1 Å². The highest BCUT2D eigenvalue weighted by Crippen LogP contribution is 2.84. The number of ether oxygens (including phenoxy) is 1.